The molecule has 0 spiro atoms. The van der Waals surface area contributed by atoms with Gasteiger partial charge in [-0.1, -0.05) is 12.1 Å². The molecule has 0 aliphatic rings. The lowest BCUT2D eigenvalue weighted by Crippen LogP contribution is -2.43. The van der Waals surface area contributed by atoms with E-state index in [1.54, 1.807) is 0 Å². The van der Waals surface area contributed by atoms with Crippen LogP contribution in [0, 0.1) is 10.1 Å². The number of nitro groups is 1. The molecule has 3 aromatic rings. The number of aromatic hydroxyl groups is 1. The molecule has 3 rings (SSSR count). The van der Waals surface area contributed by atoms with Gasteiger partial charge in [0.25, 0.3) is 11.6 Å². The third kappa shape index (κ3) is 4.38. The number of aliphatic carboxylic acids is 1. The van der Waals surface area contributed by atoms with Crippen molar-refractivity contribution in [2.24, 2.45) is 0 Å². The first-order valence-corrected chi connectivity index (χ1v) is 8.28. The Labute approximate surface area is 162 Å². The monoisotopic (exact) mass is 398 g/mol. The van der Waals surface area contributed by atoms with Crippen LogP contribution in [0.4, 0.5) is 5.69 Å². The van der Waals surface area contributed by atoms with Gasteiger partial charge in [0.2, 0.25) is 0 Å². The lowest BCUT2D eigenvalue weighted by Gasteiger charge is -2.14. The smallest absolute Gasteiger partial charge is 0.349 e. The van der Waals surface area contributed by atoms with E-state index >= 15 is 0 Å². The predicted octanol–water partition coefficient (Wildman–Crippen LogP) is 1.83. The Bertz CT molecular complexity index is 1170. The number of rotatable bonds is 6. The van der Waals surface area contributed by atoms with Crippen molar-refractivity contribution in [3.8, 4) is 5.75 Å². The standard InChI is InChI=1S/C19H14N2O8/c22-13-4-1-10(2-5-13)7-15(18(24)25)20-17(23)14-9-11-8-12(21(27)28)3-6-16(11)29-19(14)26/h1-6,8-9,15,22H,7H2,(H,20,23)(H,24,25)/t15-/m0/s1. The van der Waals surface area contributed by atoms with Gasteiger partial charge < -0.3 is 19.9 Å². The Morgan fingerprint density at radius 3 is 2.45 bits per heavy atom. The number of nitrogens with zero attached hydrogens (tertiary/aromatic N) is 1. The SMILES string of the molecule is O=C(N[C@@H](Cc1ccc(O)cc1)C(=O)O)c1cc2cc([N+](=O)[O-])ccc2oc1=O. The molecule has 10 nitrogen and oxygen atoms in total. The van der Waals surface area contributed by atoms with Crippen molar-refractivity contribution in [3.63, 3.8) is 0 Å². The van der Waals surface area contributed by atoms with Crippen molar-refractivity contribution in [3.05, 3.63) is 80.2 Å². The molecule has 0 aliphatic carbocycles. The molecule has 1 aromatic heterocycles. The molecule has 2 aromatic carbocycles. The number of nitro benzene ring substituents is 1. The van der Waals surface area contributed by atoms with Gasteiger partial charge in [0.1, 0.15) is 22.9 Å². The molecule has 0 unspecified atom stereocenters. The zero-order valence-electron chi connectivity index (χ0n) is 14.7. The third-order valence-electron chi connectivity index (χ3n) is 4.15. The van der Waals surface area contributed by atoms with Crippen LogP contribution >= 0.6 is 0 Å². The minimum atomic E-state index is -1.35. The van der Waals surface area contributed by atoms with Gasteiger partial charge in [-0.05, 0) is 29.8 Å². The molecule has 148 valence electrons. The van der Waals surface area contributed by atoms with E-state index in [1.807, 2.05) is 0 Å². The highest BCUT2D eigenvalue weighted by atomic mass is 16.6. The van der Waals surface area contributed by atoms with Gasteiger partial charge >= 0.3 is 11.6 Å². The zero-order chi connectivity index (χ0) is 21.1. The van der Waals surface area contributed by atoms with Crippen LogP contribution in [-0.4, -0.2) is 33.1 Å². The summed E-state index contributed by atoms with van der Waals surface area (Å²) < 4.78 is 5.01. The molecule has 3 N–H and O–H groups in total. The first-order chi connectivity index (χ1) is 13.7. The summed E-state index contributed by atoms with van der Waals surface area (Å²) in [5.74, 6) is -2.31. The summed E-state index contributed by atoms with van der Waals surface area (Å²) in [5, 5.41) is 32.0. The van der Waals surface area contributed by atoms with Crippen LogP contribution in [-0.2, 0) is 11.2 Å². The number of benzene rings is 2. The Morgan fingerprint density at radius 2 is 1.83 bits per heavy atom. The highest BCUT2D eigenvalue weighted by Gasteiger charge is 2.24. The van der Waals surface area contributed by atoms with Crippen molar-refractivity contribution in [1.29, 1.82) is 0 Å². The zero-order valence-corrected chi connectivity index (χ0v) is 14.7. The first-order valence-electron chi connectivity index (χ1n) is 8.28. The molecule has 29 heavy (non-hydrogen) atoms. The second-order valence-electron chi connectivity index (χ2n) is 6.16. The minimum absolute atomic E-state index is 0.00697. The average molecular weight is 398 g/mol. The van der Waals surface area contributed by atoms with Crippen molar-refractivity contribution in [2.45, 2.75) is 12.5 Å². The quantitative estimate of drug-likeness (QED) is 0.322. The van der Waals surface area contributed by atoms with E-state index in [0.29, 0.717) is 5.56 Å². The molecular weight excluding hydrogens is 384 g/mol. The number of hydrogen-bond donors (Lipinski definition) is 3. The molecule has 1 heterocycles. The summed E-state index contributed by atoms with van der Waals surface area (Å²) in [6.45, 7) is 0. The fraction of sp³-hybridized carbons (Fsp3) is 0.105. The highest BCUT2D eigenvalue weighted by Crippen LogP contribution is 2.20. The number of hydrogen-bond acceptors (Lipinski definition) is 7. The van der Waals surface area contributed by atoms with E-state index < -0.39 is 34.0 Å². The fourth-order valence-corrected chi connectivity index (χ4v) is 2.69. The maximum atomic E-state index is 12.5. The van der Waals surface area contributed by atoms with Crippen LogP contribution < -0.4 is 10.9 Å². The van der Waals surface area contributed by atoms with Crippen LogP contribution in [0.5, 0.6) is 5.75 Å². The van der Waals surface area contributed by atoms with Crippen molar-refractivity contribution in [2.75, 3.05) is 0 Å². The highest BCUT2D eigenvalue weighted by molar-refractivity contribution is 5.98. The van der Waals surface area contributed by atoms with E-state index in [0.717, 1.165) is 18.2 Å². The van der Waals surface area contributed by atoms with Gasteiger partial charge in [-0.15, -0.1) is 0 Å². The minimum Gasteiger partial charge on any atom is -0.508 e. The number of amides is 1. The lowest BCUT2D eigenvalue weighted by atomic mass is 10.1. The van der Waals surface area contributed by atoms with Gasteiger partial charge in [-0.3, -0.25) is 14.9 Å². The first kappa shape index (κ1) is 19.5. The van der Waals surface area contributed by atoms with Gasteiger partial charge in [0, 0.05) is 23.9 Å². The molecule has 0 fully saturated rings. The number of carboxylic acid groups (broad SMARTS) is 1. The normalized spacial score (nSPS) is 11.7. The summed E-state index contributed by atoms with van der Waals surface area (Å²) in [6, 6.07) is 9.05. The fourth-order valence-electron chi connectivity index (χ4n) is 2.69. The van der Waals surface area contributed by atoms with Crippen molar-refractivity contribution in [1.82, 2.24) is 5.32 Å². The molecule has 0 saturated heterocycles. The Kier molecular flexibility index (Phi) is 5.26. The summed E-state index contributed by atoms with van der Waals surface area (Å²) in [4.78, 5) is 46.4. The summed E-state index contributed by atoms with van der Waals surface area (Å²) in [5.41, 5.74) is -1.14. The summed E-state index contributed by atoms with van der Waals surface area (Å²) in [7, 11) is 0. The predicted molar refractivity (Wildman–Crippen MR) is 99.8 cm³/mol. The number of fused-ring (bicyclic) bond motifs is 1. The number of non-ortho nitro benzene ring substituents is 1. The van der Waals surface area contributed by atoms with Crippen molar-refractivity contribution >= 4 is 28.5 Å². The van der Waals surface area contributed by atoms with E-state index in [9.17, 15) is 34.7 Å². The lowest BCUT2D eigenvalue weighted by molar-refractivity contribution is -0.384. The number of carbonyl (C=O) groups is 2. The van der Waals surface area contributed by atoms with Gasteiger partial charge in [-0.2, -0.15) is 0 Å². The van der Waals surface area contributed by atoms with Gasteiger partial charge in [0.05, 0.1) is 4.92 Å². The molecular formula is C19H14N2O8. The Balaban J connectivity index is 1.89. The van der Waals surface area contributed by atoms with Crippen LogP contribution in [0.1, 0.15) is 15.9 Å². The number of phenols is 1. The van der Waals surface area contributed by atoms with E-state index in [-0.39, 0.29) is 28.8 Å². The van der Waals surface area contributed by atoms with Gasteiger partial charge in [-0.25, -0.2) is 9.59 Å². The maximum Gasteiger partial charge on any atom is 0.349 e. The number of phenolic OH excluding ortho intramolecular Hbond substituents is 1. The molecule has 0 saturated carbocycles. The van der Waals surface area contributed by atoms with E-state index in [4.69, 9.17) is 4.42 Å². The maximum absolute atomic E-state index is 12.5. The third-order valence-corrected chi connectivity index (χ3v) is 4.15. The van der Waals surface area contributed by atoms with Crippen LogP contribution in [0.25, 0.3) is 11.0 Å². The molecule has 0 aliphatic heterocycles. The molecule has 1 amide bonds. The second-order valence-corrected chi connectivity index (χ2v) is 6.16. The van der Waals surface area contributed by atoms with Crippen molar-refractivity contribution < 1.29 is 29.1 Å². The molecule has 10 heteroatoms. The van der Waals surface area contributed by atoms with Gasteiger partial charge in [0.15, 0.2) is 0 Å². The number of nitrogens with one attached hydrogen (secondary N) is 1. The topological polar surface area (TPSA) is 160 Å². The Hall–Kier alpha value is -4.21. The largest absolute Gasteiger partial charge is 0.508 e. The van der Waals surface area contributed by atoms with E-state index in [1.165, 1.54) is 30.3 Å². The summed E-state index contributed by atoms with van der Waals surface area (Å²) >= 11 is 0. The number of carbonyl (C=O) groups excluding carboxylic acids is 1. The van der Waals surface area contributed by atoms with E-state index in [2.05, 4.69) is 5.32 Å². The molecule has 0 bridgehead atoms. The van der Waals surface area contributed by atoms with Crippen LogP contribution in [0.3, 0.4) is 0 Å². The van der Waals surface area contributed by atoms with Crippen LogP contribution in [0.2, 0.25) is 0 Å². The molecule has 1 atom stereocenters. The average Bonchev–Trinajstić information content (AvgIpc) is 2.67. The number of carboxylic acids is 1. The summed E-state index contributed by atoms with van der Waals surface area (Å²) in [6.07, 6.45) is -0.0915. The molecule has 0 radical (unpaired) electrons. The second kappa shape index (κ2) is 7.80. The Morgan fingerprint density at radius 1 is 1.14 bits per heavy atom. The van der Waals surface area contributed by atoms with Crippen LogP contribution in [0.15, 0.2) is 57.7 Å².